The molecule has 7 nitrogen and oxygen atoms in total. The molecule has 0 saturated carbocycles. The summed E-state index contributed by atoms with van der Waals surface area (Å²) in [5.74, 6) is 0.890. The van der Waals surface area contributed by atoms with Crippen LogP contribution in [0.4, 0.5) is 11.5 Å². The summed E-state index contributed by atoms with van der Waals surface area (Å²) in [4.78, 5) is 27.8. The second-order valence-electron chi connectivity index (χ2n) is 7.17. The Bertz CT molecular complexity index is 1170. The summed E-state index contributed by atoms with van der Waals surface area (Å²) in [6, 6.07) is 13.1. The number of benzene rings is 2. The lowest BCUT2D eigenvalue weighted by Crippen LogP contribution is -2.45. The summed E-state index contributed by atoms with van der Waals surface area (Å²) >= 11 is 3.50. The lowest BCUT2D eigenvalue weighted by molar-refractivity contribution is -0.126. The molecule has 146 valence electrons. The van der Waals surface area contributed by atoms with Gasteiger partial charge in [-0.25, -0.2) is 4.68 Å². The Morgan fingerprint density at radius 3 is 2.62 bits per heavy atom. The van der Waals surface area contributed by atoms with Gasteiger partial charge in [0.15, 0.2) is 0 Å². The number of ether oxygens (including phenoxy) is 1. The van der Waals surface area contributed by atoms with Crippen LogP contribution in [0.5, 0.6) is 5.75 Å². The van der Waals surface area contributed by atoms with Gasteiger partial charge in [0.2, 0.25) is 11.8 Å². The Labute approximate surface area is 175 Å². The fourth-order valence-corrected chi connectivity index (χ4v) is 4.66. The number of likely N-dealkylation sites (N-methyl/N-ethyl adjacent to an activating group) is 1. The van der Waals surface area contributed by atoms with E-state index in [-0.39, 0.29) is 18.2 Å². The van der Waals surface area contributed by atoms with E-state index in [2.05, 4.69) is 26.3 Å². The molecule has 5 rings (SSSR count). The zero-order valence-corrected chi connectivity index (χ0v) is 17.4. The molecule has 8 heteroatoms. The number of amides is 2. The maximum absolute atomic E-state index is 13.5. The van der Waals surface area contributed by atoms with Crippen molar-refractivity contribution in [3.8, 4) is 11.4 Å². The van der Waals surface area contributed by atoms with Gasteiger partial charge >= 0.3 is 0 Å². The fourth-order valence-electron chi connectivity index (χ4n) is 4.30. The average molecular weight is 453 g/mol. The first-order chi connectivity index (χ1) is 14.0. The summed E-state index contributed by atoms with van der Waals surface area (Å²) in [5.41, 5.74) is 1.98. The first-order valence-corrected chi connectivity index (χ1v) is 9.86. The molecule has 1 atom stereocenters. The first kappa shape index (κ1) is 17.9. The quantitative estimate of drug-likeness (QED) is 0.647. The van der Waals surface area contributed by atoms with E-state index in [0.717, 1.165) is 27.2 Å². The highest BCUT2D eigenvalue weighted by molar-refractivity contribution is 9.10. The van der Waals surface area contributed by atoms with Crippen LogP contribution in [-0.2, 0) is 15.0 Å². The number of aromatic nitrogens is 2. The summed E-state index contributed by atoms with van der Waals surface area (Å²) in [5, 5.41) is 7.43. The molecule has 0 aliphatic carbocycles. The molecule has 2 amide bonds. The first-order valence-electron chi connectivity index (χ1n) is 9.06. The van der Waals surface area contributed by atoms with Gasteiger partial charge in [0.25, 0.3) is 0 Å². The van der Waals surface area contributed by atoms with Crippen LogP contribution < -0.4 is 15.0 Å². The number of nitrogens with one attached hydrogen (secondary N) is 1. The minimum absolute atomic E-state index is 0.0426. The third-order valence-corrected chi connectivity index (χ3v) is 6.17. The van der Waals surface area contributed by atoms with E-state index in [9.17, 15) is 9.59 Å². The summed E-state index contributed by atoms with van der Waals surface area (Å²) in [6.07, 6.45) is 1.72. The number of anilines is 2. The van der Waals surface area contributed by atoms with Crippen LogP contribution >= 0.6 is 15.9 Å². The molecule has 29 heavy (non-hydrogen) atoms. The van der Waals surface area contributed by atoms with Gasteiger partial charge in [0.1, 0.15) is 17.0 Å². The van der Waals surface area contributed by atoms with Crippen molar-refractivity contribution in [3.05, 3.63) is 64.3 Å². The molecule has 2 aliphatic rings. The van der Waals surface area contributed by atoms with E-state index in [0.29, 0.717) is 11.4 Å². The molecular formula is C21H17BrN4O3. The van der Waals surface area contributed by atoms with Crippen molar-refractivity contribution >= 4 is 39.2 Å². The number of halogens is 1. The molecule has 3 aromatic rings. The van der Waals surface area contributed by atoms with E-state index in [1.165, 1.54) is 0 Å². The number of rotatable bonds is 2. The molecule has 1 spiro atoms. The number of hydrogen-bond donors (Lipinski definition) is 1. The van der Waals surface area contributed by atoms with Gasteiger partial charge in [0.05, 0.1) is 19.0 Å². The zero-order chi connectivity index (χ0) is 20.3. The lowest BCUT2D eigenvalue weighted by Gasteiger charge is -2.32. The predicted octanol–water partition coefficient (Wildman–Crippen LogP) is 3.25. The van der Waals surface area contributed by atoms with Crippen molar-refractivity contribution in [1.29, 1.82) is 0 Å². The zero-order valence-electron chi connectivity index (χ0n) is 15.8. The molecule has 3 heterocycles. The molecule has 0 bridgehead atoms. The highest BCUT2D eigenvalue weighted by atomic mass is 79.9. The molecular weight excluding hydrogens is 436 g/mol. The fraction of sp³-hybridized carbons (Fsp3) is 0.190. The average Bonchev–Trinajstić information content (AvgIpc) is 3.23. The van der Waals surface area contributed by atoms with Crippen molar-refractivity contribution in [3.63, 3.8) is 0 Å². The topological polar surface area (TPSA) is 76.5 Å². The third kappa shape index (κ3) is 2.38. The molecule has 0 unspecified atom stereocenters. The van der Waals surface area contributed by atoms with E-state index < -0.39 is 5.41 Å². The van der Waals surface area contributed by atoms with Gasteiger partial charge in [0, 0.05) is 29.2 Å². The Morgan fingerprint density at radius 1 is 1.14 bits per heavy atom. The van der Waals surface area contributed by atoms with Crippen LogP contribution in [0.15, 0.2) is 53.1 Å². The Hall–Kier alpha value is -3.13. The van der Waals surface area contributed by atoms with Gasteiger partial charge in [-0.3, -0.25) is 9.59 Å². The highest BCUT2D eigenvalue weighted by Crippen LogP contribution is 2.52. The van der Waals surface area contributed by atoms with Crippen molar-refractivity contribution in [1.82, 2.24) is 9.78 Å². The minimum atomic E-state index is -1.09. The van der Waals surface area contributed by atoms with E-state index in [4.69, 9.17) is 4.74 Å². The molecule has 2 aliphatic heterocycles. The van der Waals surface area contributed by atoms with E-state index in [1.807, 2.05) is 42.5 Å². The van der Waals surface area contributed by atoms with Crippen LogP contribution in [-0.4, -0.2) is 35.8 Å². The Morgan fingerprint density at radius 2 is 1.90 bits per heavy atom. The number of fused-ring (bicyclic) bond motifs is 4. The van der Waals surface area contributed by atoms with Crippen LogP contribution in [0.1, 0.15) is 17.5 Å². The van der Waals surface area contributed by atoms with Crippen molar-refractivity contribution in [2.75, 3.05) is 24.4 Å². The number of hydrogen-bond acceptors (Lipinski definition) is 4. The van der Waals surface area contributed by atoms with Crippen LogP contribution in [0, 0.1) is 0 Å². The maximum Gasteiger partial charge on any atom is 0.242 e. The van der Waals surface area contributed by atoms with Crippen molar-refractivity contribution in [2.45, 2.75) is 11.8 Å². The van der Waals surface area contributed by atoms with Gasteiger partial charge in [-0.1, -0.05) is 15.9 Å². The van der Waals surface area contributed by atoms with Crippen LogP contribution in [0.3, 0.4) is 0 Å². The summed E-state index contributed by atoms with van der Waals surface area (Å²) < 4.78 is 7.72. The SMILES string of the molecule is COc1ccc(-n2ncc3c2NC(=O)C[C@]32C(=O)N(C)c3ccc(Br)cc32)cc1. The molecule has 1 N–H and O–H groups in total. The number of nitrogens with zero attached hydrogens (tertiary/aromatic N) is 3. The molecule has 2 aromatic carbocycles. The number of carbonyl (C=O) groups excluding carboxylic acids is 2. The van der Waals surface area contributed by atoms with Gasteiger partial charge < -0.3 is 15.0 Å². The molecule has 1 aromatic heterocycles. The third-order valence-electron chi connectivity index (χ3n) is 5.68. The van der Waals surface area contributed by atoms with Gasteiger partial charge in [-0.05, 0) is 48.0 Å². The van der Waals surface area contributed by atoms with Crippen molar-refractivity contribution in [2.24, 2.45) is 0 Å². The Kier molecular flexibility index (Phi) is 3.82. The monoisotopic (exact) mass is 452 g/mol. The Balaban J connectivity index is 1.74. The van der Waals surface area contributed by atoms with Crippen molar-refractivity contribution < 1.29 is 14.3 Å². The normalized spacial score (nSPS) is 19.9. The smallest absolute Gasteiger partial charge is 0.242 e. The van der Waals surface area contributed by atoms with Gasteiger partial charge in [-0.2, -0.15) is 5.10 Å². The molecule has 0 radical (unpaired) electrons. The second-order valence-corrected chi connectivity index (χ2v) is 8.09. The maximum atomic E-state index is 13.5. The predicted molar refractivity (Wildman–Crippen MR) is 112 cm³/mol. The lowest BCUT2D eigenvalue weighted by atomic mass is 9.72. The number of carbonyl (C=O) groups is 2. The number of methoxy groups -OCH3 is 1. The van der Waals surface area contributed by atoms with Crippen LogP contribution in [0.25, 0.3) is 5.69 Å². The van der Waals surface area contributed by atoms with E-state index in [1.54, 1.807) is 29.9 Å². The summed E-state index contributed by atoms with van der Waals surface area (Å²) in [6.45, 7) is 0. The molecule has 0 fully saturated rings. The highest BCUT2D eigenvalue weighted by Gasteiger charge is 2.56. The van der Waals surface area contributed by atoms with E-state index >= 15 is 0 Å². The summed E-state index contributed by atoms with van der Waals surface area (Å²) in [7, 11) is 3.34. The standard InChI is InChI=1S/C21H17BrN4O3/c1-25-17-8-3-12(22)9-15(17)21(20(25)28)10-18(27)24-19-16(21)11-23-26(19)13-4-6-14(29-2)7-5-13/h3-9,11H,10H2,1-2H3,(H,24,27)/t21-/m1/s1. The van der Waals surface area contributed by atoms with Gasteiger partial charge in [-0.15, -0.1) is 0 Å². The largest absolute Gasteiger partial charge is 0.497 e. The van der Waals surface area contributed by atoms with Crippen LogP contribution in [0.2, 0.25) is 0 Å². The minimum Gasteiger partial charge on any atom is -0.497 e. The molecule has 0 saturated heterocycles. The second kappa shape index (κ2) is 6.18.